The maximum Gasteiger partial charge on any atom is 0.235 e. The fourth-order valence-electron chi connectivity index (χ4n) is 4.31. The molecule has 2 aliphatic carbocycles. The van der Waals surface area contributed by atoms with Gasteiger partial charge in [0, 0.05) is 6.04 Å². The van der Waals surface area contributed by atoms with E-state index in [1.54, 1.807) is 24.3 Å². The lowest BCUT2D eigenvalue weighted by Gasteiger charge is -2.28. The number of sulfone groups is 1. The van der Waals surface area contributed by atoms with Crippen molar-refractivity contribution in [3.05, 3.63) is 29.8 Å². The second-order valence-corrected chi connectivity index (χ2v) is 9.26. The summed E-state index contributed by atoms with van der Waals surface area (Å²) in [5, 5.41) is 2.93. The van der Waals surface area contributed by atoms with Crippen LogP contribution in [0.25, 0.3) is 0 Å². The zero-order valence-electron chi connectivity index (χ0n) is 13.8. The highest BCUT2D eigenvalue weighted by atomic mass is 32.2. The molecule has 0 spiro atoms. The van der Waals surface area contributed by atoms with Crippen LogP contribution in [0, 0.1) is 24.7 Å². The lowest BCUT2D eigenvalue weighted by molar-refractivity contribution is -0.119. The molecule has 2 bridgehead atoms. The van der Waals surface area contributed by atoms with E-state index in [4.69, 9.17) is 0 Å². The fourth-order valence-corrected chi connectivity index (χ4v) is 5.46. The third-order valence-electron chi connectivity index (χ3n) is 5.52. The highest BCUT2D eigenvalue weighted by Crippen LogP contribution is 2.49. The largest absolute Gasteiger partial charge is 0.352 e. The van der Waals surface area contributed by atoms with E-state index in [1.807, 2.05) is 13.8 Å². The highest BCUT2D eigenvalue weighted by Gasteiger charge is 2.42. The highest BCUT2D eigenvalue weighted by molar-refractivity contribution is 7.92. The van der Waals surface area contributed by atoms with Crippen LogP contribution in [0.4, 0.5) is 0 Å². The van der Waals surface area contributed by atoms with E-state index in [0.717, 1.165) is 11.5 Å². The Bertz CT molecular complexity index is 681. The van der Waals surface area contributed by atoms with Crippen molar-refractivity contribution >= 4 is 15.7 Å². The van der Waals surface area contributed by atoms with Crippen LogP contribution in [0.3, 0.4) is 0 Å². The summed E-state index contributed by atoms with van der Waals surface area (Å²) in [5.74, 6) is 1.19. The molecular formula is C18H25NO3S. The molecule has 1 aromatic rings. The van der Waals surface area contributed by atoms with Crippen molar-refractivity contribution in [1.29, 1.82) is 0 Å². The third-order valence-corrected chi connectivity index (χ3v) is 7.16. The van der Waals surface area contributed by atoms with Crippen LogP contribution in [0.15, 0.2) is 29.2 Å². The Balaban J connectivity index is 1.59. The molecule has 2 aliphatic rings. The summed E-state index contributed by atoms with van der Waals surface area (Å²) in [6, 6.07) is 6.70. The van der Waals surface area contributed by atoms with Gasteiger partial charge in [0.2, 0.25) is 5.91 Å². The van der Waals surface area contributed by atoms with Gasteiger partial charge in [-0.2, -0.15) is 0 Å². The van der Waals surface area contributed by atoms with Crippen LogP contribution in [0.2, 0.25) is 0 Å². The van der Waals surface area contributed by atoms with Crippen molar-refractivity contribution in [3.63, 3.8) is 0 Å². The molecule has 1 amide bonds. The summed E-state index contributed by atoms with van der Waals surface area (Å²) in [7, 11) is -3.57. The molecule has 126 valence electrons. The van der Waals surface area contributed by atoms with Crippen molar-refractivity contribution < 1.29 is 13.2 Å². The van der Waals surface area contributed by atoms with Gasteiger partial charge < -0.3 is 5.32 Å². The van der Waals surface area contributed by atoms with Gasteiger partial charge in [0.25, 0.3) is 0 Å². The van der Waals surface area contributed by atoms with Crippen LogP contribution >= 0.6 is 0 Å². The minimum Gasteiger partial charge on any atom is -0.352 e. The molecule has 4 unspecified atom stereocenters. The number of benzene rings is 1. The third kappa shape index (κ3) is 3.60. The summed E-state index contributed by atoms with van der Waals surface area (Å²) >= 11 is 0. The lowest BCUT2D eigenvalue weighted by Crippen LogP contribution is -2.42. The number of amides is 1. The Kier molecular flexibility index (Phi) is 4.50. The van der Waals surface area contributed by atoms with Gasteiger partial charge in [-0.3, -0.25) is 4.79 Å². The SMILES string of the molecule is Cc1ccc(S(=O)(=O)CC(=O)NC(C)C2CC3CCC2C3)cc1. The maximum absolute atomic E-state index is 12.3. The van der Waals surface area contributed by atoms with Gasteiger partial charge in [0.1, 0.15) is 5.75 Å². The summed E-state index contributed by atoms with van der Waals surface area (Å²) < 4.78 is 24.6. The summed E-state index contributed by atoms with van der Waals surface area (Å²) in [4.78, 5) is 12.4. The van der Waals surface area contributed by atoms with E-state index >= 15 is 0 Å². The van der Waals surface area contributed by atoms with E-state index < -0.39 is 15.6 Å². The van der Waals surface area contributed by atoms with E-state index in [-0.39, 0.29) is 16.8 Å². The predicted molar refractivity (Wildman–Crippen MR) is 89.8 cm³/mol. The standard InChI is InChI=1S/C18H25NO3S/c1-12-3-7-16(8-4-12)23(21,22)11-18(20)19-13(2)17-10-14-5-6-15(17)9-14/h3-4,7-8,13-15,17H,5-6,9-11H2,1-2H3,(H,19,20). The van der Waals surface area contributed by atoms with Crippen molar-refractivity contribution in [2.24, 2.45) is 17.8 Å². The number of carbonyl (C=O) groups is 1. The number of nitrogens with one attached hydrogen (secondary N) is 1. The average Bonchev–Trinajstić information content (AvgIpc) is 3.09. The summed E-state index contributed by atoms with van der Waals surface area (Å²) in [6.07, 6.45) is 5.05. The van der Waals surface area contributed by atoms with Gasteiger partial charge >= 0.3 is 0 Å². The van der Waals surface area contributed by atoms with Crippen molar-refractivity contribution in [2.75, 3.05) is 5.75 Å². The van der Waals surface area contributed by atoms with Crippen LogP contribution in [0.1, 0.15) is 38.2 Å². The summed E-state index contributed by atoms with van der Waals surface area (Å²) in [6.45, 7) is 3.92. The minimum atomic E-state index is -3.57. The van der Waals surface area contributed by atoms with Crippen LogP contribution in [0.5, 0.6) is 0 Å². The Labute approximate surface area is 138 Å². The first-order valence-electron chi connectivity index (χ1n) is 8.44. The number of rotatable bonds is 5. The van der Waals surface area contributed by atoms with E-state index in [9.17, 15) is 13.2 Å². The van der Waals surface area contributed by atoms with Crippen molar-refractivity contribution in [2.45, 2.75) is 50.5 Å². The molecular weight excluding hydrogens is 310 g/mol. The molecule has 4 atom stereocenters. The Morgan fingerprint density at radius 1 is 1.22 bits per heavy atom. The number of aryl methyl sites for hydroxylation is 1. The van der Waals surface area contributed by atoms with Gasteiger partial charge in [-0.15, -0.1) is 0 Å². The lowest BCUT2D eigenvalue weighted by atomic mass is 9.84. The molecule has 3 rings (SSSR count). The molecule has 0 radical (unpaired) electrons. The maximum atomic E-state index is 12.3. The second-order valence-electron chi connectivity index (χ2n) is 7.27. The predicted octanol–water partition coefficient (Wildman–Crippen LogP) is 2.71. The van der Waals surface area contributed by atoms with Crippen LogP contribution in [-0.4, -0.2) is 26.1 Å². The number of carbonyl (C=O) groups excluding carboxylic acids is 1. The van der Waals surface area contributed by atoms with Gasteiger partial charge in [-0.05, 0) is 63.0 Å². The van der Waals surface area contributed by atoms with Crippen molar-refractivity contribution in [3.8, 4) is 0 Å². The summed E-state index contributed by atoms with van der Waals surface area (Å²) in [5.41, 5.74) is 0.998. The minimum absolute atomic E-state index is 0.0611. The molecule has 4 nitrogen and oxygen atoms in total. The quantitative estimate of drug-likeness (QED) is 0.900. The van der Waals surface area contributed by atoms with Gasteiger partial charge in [0.05, 0.1) is 4.90 Å². The molecule has 0 aliphatic heterocycles. The fraction of sp³-hybridized carbons (Fsp3) is 0.611. The zero-order valence-corrected chi connectivity index (χ0v) is 14.6. The molecule has 23 heavy (non-hydrogen) atoms. The number of hydrogen-bond donors (Lipinski definition) is 1. The first kappa shape index (κ1) is 16.5. The first-order valence-corrected chi connectivity index (χ1v) is 10.1. The Morgan fingerprint density at radius 2 is 1.91 bits per heavy atom. The molecule has 5 heteroatoms. The Hall–Kier alpha value is -1.36. The smallest absolute Gasteiger partial charge is 0.235 e. The number of hydrogen-bond acceptors (Lipinski definition) is 3. The topological polar surface area (TPSA) is 63.2 Å². The molecule has 2 fully saturated rings. The molecule has 0 saturated heterocycles. The normalized spacial score (nSPS) is 27.8. The van der Waals surface area contributed by atoms with Crippen molar-refractivity contribution in [1.82, 2.24) is 5.32 Å². The Morgan fingerprint density at radius 3 is 2.48 bits per heavy atom. The monoisotopic (exact) mass is 335 g/mol. The first-order chi connectivity index (χ1) is 10.8. The molecule has 0 heterocycles. The van der Waals surface area contributed by atoms with Gasteiger partial charge in [0.15, 0.2) is 9.84 Å². The molecule has 2 saturated carbocycles. The van der Waals surface area contributed by atoms with E-state index in [1.165, 1.54) is 25.7 Å². The van der Waals surface area contributed by atoms with Crippen LogP contribution in [-0.2, 0) is 14.6 Å². The zero-order chi connectivity index (χ0) is 16.6. The molecule has 1 N–H and O–H groups in total. The van der Waals surface area contributed by atoms with Gasteiger partial charge in [-0.1, -0.05) is 24.1 Å². The van der Waals surface area contributed by atoms with Crippen LogP contribution < -0.4 is 5.32 Å². The second kappa shape index (κ2) is 6.27. The van der Waals surface area contributed by atoms with E-state index in [0.29, 0.717) is 11.8 Å². The van der Waals surface area contributed by atoms with E-state index in [2.05, 4.69) is 5.32 Å². The molecule has 1 aromatic carbocycles. The number of fused-ring (bicyclic) bond motifs is 2. The molecule has 0 aromatic heterocycles. The van der Waals surface area contributed by atoms with Gasteiger partial charge in [-0.25, -0.2) is 8.42 Å². The average molecular weight is 335 g/mol.